The van der Waals surface area contributed by atoms with Gasteiger partial charge in [0.15, 0.2) is 6.10 Å². The van der Waals surface area contributed by atoms with E-state index in [1.807, 2.05) is 6.92 Å². The van der Waals surface area contributed by atoms with Gasteiger partial charge in [-0.1, -0.05) is 6.92 Å². The molecule has 4 fully saturated rings. The summed E-state index contributed by atoms with van der Waals surface area (Å²) in [6.45, 7) is 1.89. The molecular formula is C15H21NO2. The minimum Gasteiger partial charge on any atom is -0.447 e. The van der Waals surface area contributed by atoms with Crippen molar-refractivity contribution >= 4 is 5.97 Å². The molecule has 18 heavy (non-hydrogen) atoms. The molecule has 0 radical (unpaired) electrons. The Balaban J connectivity index is 1.69. The Morgan fingerprint density at radius 3 is 2.22 bits per heavy atom. The molecule has 4 aliphatic carbocycles. The number of nitriles is 1. The van der Waals surface area contributed by atoms with E-state index in [1.165, 1.54) is 32.1 Å². The van der Waals surface area contributed by atoms with Gasteiger partial charge >= 0.3 is 5.97 Å². The van der Waals surface area contributed by atoms with Gasteiger partial charge in [0.1, 0.15) is 6.07 Å². The molecule has 0 aromatic carbocycles. The number of hydrogen-bond acceptors (Lipinski definition) is 3. The molecule has 0 aromatic rings. The summed E-state index contributed by atoms with van der Waals surface area (Å²) in [5.74, 6) is 2.84. The highest BCUT2D eigenvalue weighted by Crippen LogP contribution is 2.56. The van der Waals surface area contributed by atoms with Crippen molar-refractivity contribution < 1.29 is 9.53 Å². The fraction of sp³-hybridized carbons (Fsp3) is 0.867. The van der Waals surface area contributed by atoms with Crippen LogP contribution < -0.4 is 0 Å². The zero-order chi connectivity index (χ0) is 12.7. The van der Waals surface area contributed by atoms with Gasteiger partial charge in [-0.15, -0.1) is 0 Å². The van der Waals surface area contributed by atoms with Crippen molar-refractivity contribution in [3.05, 3.63) is 0 Å². The van der Waals surface area contributed by atoms with Gasteiger partial charge in [0.25, 0.3) is 0 Å². The van der Waals surface area contributed by atoms with E-state index in [4.69, 9.17) is 10.00 Å². The van der Waals surface area contributed by atoms with E-state index >= 15 is 0 Å². The normalized spacial score (nSPS) is 42.3. The Hall–Kier alpha value is -1.04. The lowest BCUT2D eigenvalue weighted by Gasteiger charge is -2.53. The fourth-order valence-electron chi connectivity index (χ4n) is 4.73. The van der Waals surface area contributed by atoms with Crippen LogP contribution >= 0.6 is 0 Å². The molecule has 0 aliphatic heterocycles. The minimum absolute atomic E-state index is 0.0859. The van der Waals surface area contributed by atoms with Crippen LogP contribution in [0.5, 0.6) is 0 Å². The summed E-state index contributed by atoms with van der Waals surface area (Å²) in [6, 6.07) is 2.06. The van der Waals surface area contributed by atoms with Crippen LogP contribution in [-0.4, -0.2) is 12.1 Å². The summed E-state index contributed by atoms with van der Waals surface area (Å²) >= 11 is 0. The maximum Gasteiger partial charge on any atom is 0.310 e. The third kappa shape index (κ3) is 1.92. The lowest BCUT2D eigenvalue weighted by molar-refractivity contribution is -0.165. The molecule has 0 spiro atoms. The lowest BCUT2D eigenvalue weighted by Crippen LogP contribution is -2.48. The third-order valence-corrected chi connectivity index (χ3v) is 5.27. The molecule has 1 atom stereocenters. The van der Waals surface area contributed by atoms with Crippen LogP contribution in [0.25, 0.3) is 0 Å². The highest BCUT2D eigenvalue weighted by atomic mass is 16.5. The molecular weight excluding hydrogens is 226 g/mol. The first-order valence-electron chi connectivity index (χ1n) is 7.31. The fourth-order valence-corrected chi connectivity index (χ4v) is 4.73. The smallest absolute Gasteiger partial charge is 0.310 e. The quantitative estimate of drug-likeness (QED) is 0.720. The van der Waals surface area contributed by atoms with E-state index in [1.54, 1.807) is 0 Å². The van der Waals surface area contributed by atoms with Gasteiger partial charge in [0.05, 0.1) is 5.92 Å². The molecule has 0 N–H and O–H groups in total. The zero-order valence-corrected chi connectivity index (χ0v) is 11.0. The standard InChI is InChI=1S/C15H21NO2/c1-2-13(8-16)18-15(17)14-11-4-9-3-10(6-11)7-12(14)5-9/h9-14H,2-7H2,1H3. The van der Waals surface area contributed by atoms with Crippen molar-refractivity contribution in [3.8, 4) is 6.07 Å². The van der Waals surface area contributed by atoms with Gasteiger partial charge in [0, 0.05) is 0 Å². The van der Waals surface area contributed by atoms with Crippen LogP contribution in [0.1, 0.15) is 45.4 Å². The first-order chi connectivity index (χ1) is 8.71. The van der Waals surface area contributed by atoms with Gasteiger partial charge in [-0.25, -0.2) is 0 Å². The zero-order valence-electron chi connectivity index (χ0n) is 11.0. The molecule has 4 bridgehead atoms. The summed E-state index contributed by atoms with van der Waals surface area (Å²) in [5.41, 5.74) is 0. The van der Waals surface area contributed by atoms with E-state index < -0.39 is 6.10 Å². The van der Waals surface area contributed by atoms with Gasteiger partial charge in [-0.3, -0.25) is 4.79 Å². The molecule has 0 saturated heterocycles. The molecule has 1 unspecified atom stereocenters. The average Bonchev–Trinajstić information content (AvgIpc) is 2.34. The minimum atomic E-state index is -0.547. The number of hydrogen-bond donors (Lipinski definition) is 0. The number of carbonyl (C=O) groups excluding carboxylic acids is 1. The number of ether oxygens (including phenoxy) is 1. The van der Waals surface area contributed by atoms with Crippen molar-refractivity contribution in [2.75, 3.05) is 0 Å². The average molecular weight is 247 g/mol. The maximum atomic E-state index is 12.3. The molecule has 0 amide bonds. The number of rotatable bonds is 3. The summed E-state index contributed by atoms with van der Waals surface area (Å²) in [7, 11) is 0. The van der Waals surface area contributed by atoms with E-state index in [9.17, 15) is 4.79 Å². The molecule has 0 heterocycles. The molecule has 4 saturated carbocycles. The SMILES string of the molecule is CCC(C#N)OC(=O)C1C2CC3CC(C2)CC1C3. The van der Waals surface area contributed by atoms with Crippen molar-refractivity contribution in [1.82, 2.24) is 0 Å². The van der Waals surface area contributed by atoms with Gasteiger partial charge in [-0.2, -0.15) is 5.26 Å². The van der Waals surface area contributed by atoms with Crippen LogP contribution in [0.3, 0.4) is 0 Å². The first-order valence-corrected chi connectivity index (χ1v) is 7.31. The van der Waals surface area contributed by atoms with Crippen molar-refractivity contribution in [2.24, 2.45) is 29.6 Å². The van der Waals surface area contributed by atoms with E-state index in [-0.39, 0.29) is 11.9 Å². The van der Waals surface area contributed by atoms with E-state index in [0.717, 1.165) is 11.8 Å². The predicted octanol–water partition coefficient (Wildman–Crippen LogP) is 2.90. The molecule has 0 aromatic heterocycles. The second-order valence-electron chi connectivity index (χ2n) is 6.42. The summed E-state index contributed by atoms with van der Waals surface area (Å²) in [5, 5.41) is 8.90. The molecule has 4 rings (SSSR count). The third-order valence-electron chi connectivity index (χ3n) is 5.27. The molecule has 98 valence electrons. The maximum absolute atomic E-state index is 12.3. The molecule has 4 aliphatic rings. The Kier molecular flexibility index (Phi) is 3.05. The Labute approximate surface area is 108 Å². The Morgan fingerprint density at radius 1 is 1.22 bits per heavy atom. The van der Waals surface area contributed by atoms with E-state index in [0.29, 0.717) is 18.3 Å². The summed E-state index contributed by atoms with van der Waals surface area (Å²) < 4.78 is 5.37. The van der Waals surface area contributed by atoms with E-state index in [2.05, 4.69) is 6.07 Å². The van der Waals surface area contributed by atoms with Crippen LogP contribution in [0.15, 0.2) is 0 Å². The summed E-state index contributed by atoms with van der Waals surface area (Å²) in [6.07, 6.45) is 6.31. The van der Waals surface area contributed by atoms with Crippen LogP contribution in [0, 0.1) is 40.9 Å². The Bertz CT molecular complexity index is 356. The van der Waals surface area contributed by atoms with Crippen molar-refractivity contribution in [2.45, 2.75) is 51.6 Å². The monoisotopic (exact) mass is 247 g/mol. The topological polar surface area (TPSA) is 50.1 Å². The van der Waals surface area contributed by atoms with Crippen LogP contribution in [0.4, 0.5) is 0 Å². The number of nitrogens with zero attached hydrogens (tertiary/aromatic N) is 1. The molecule has 3 heteroatoms. The lowest BCUT2D eigenvalue weighted by atomic mass is 9.52. The highest BCUT2D eigenvalue weighted by molar-refractivity contribution is 5.74. The number of carbonyl (C=O) groups is 1. The molecule has 3 nitrogen and oxygen atoms in total. The van der Waals surface area contributed by atoms with Crippen LogP contribution in [0.2, 0.25) is 0 Å². The van der Waals surface area contributed by atoms with Gasteiger partial charge in [-0.05, 0) is 62.2 Å². The first kappa shape index (κ1) is 12.0. The van der Waals surface area contributed by atoms with Crippen molar-refractivity contribution in [1.29, 1.82) is 5.26 Å². The number of esters is 1. The largest absolute Gasteiger partial charge is 0.447 e. The van der Waals surface area contributed by atoms with Crippen LogP contribution in [-0.2, 0) is 9.53 Å². The summed E-state index contributed by atoms with van der Waals surface area (Å²) in [4.78, 5) is 12.3. The Morgan fingerprint density at radius 2 is 1.78 bits per heavy atom. The highest BCUT2D eigenvalue weighted by Gasteiger charge is 2.51. The second-order valence-corrected chi connectivity index (χ2v) is 6.42. The van der Waals surface area contributed by atoms with Gasteiger partial charge in [0.2, 0.25) is 0 Å². The second kappa shape index (κ2) is 4.57. The van der Waals surface area contributed by atoms with Crippen molar-refractivity contribution in [3.63, 3.8) is 0 Å². The van der Waals surface area contributed by atoms with Gasteiger partial charge < -0.3 is 4.74 Å². The predicted molar refractivity (Wildman–Crippen MR) is 66.3 cm³/mol.